The van der Waals surface area contributed by atoms with Gasteiger partial charge in [-0.2, -0.15) is 17.5 Å². The topological polar surface area (TPSA) is 0 Å². The molecule has 0 spiro atoms. The van der Waals surface area contributed by atoms with Crippen LogP contribution in [0, 0.1) is 0 Å². The van der Waals surface area contributed by atoms with Crippen LogP contribution in [0.3, 0.4) is 0 Å². The Morgan fingerprint density at radius 3 is 1.73 bits per heavy atom. The Hall–Kier alpha value is -0.903. The second kappa shape index (κ2) is 14.2. The molecule has 0 bridgehead atoms. The Labute approximate surface area is 211 Å². The molecule has 0 amide bonds. The van der Waals surface area contributed by atoms with E-state index in [1.54, 1.807) is 0 Å². The minimum Gasteiger partial charge on any atom is -1.00 e. The molecule has 0 aliphatic heterocycles. The minimum absolute atomic E-state index is 0. The maximum absolute atomic E-state index is 5.74. The fraction of sp³-hybridized carbons (Fsp3) is 0.120. The van der Waals surface area contributed by atoms with Crippen LogP contribution >= 0.6 is 11.1 Å². The first kappa shape index (κ1) is 27.1. The van der Waals surface area contributed by atoms with E-state index in [0.29, 0.717) is 0 Å². The van der Waals surface area contributed by atoms with Crippen LogP contribution in [-0.2, 0) is 23.0 Å². The van der Waals surface area contributed by atoms with E-state index in [9.17, 15) is 0 Å². The van der Waals surface area contributed by atoms with Crippen molar-refractivity contribution in [2.24, 2.45) is 0 Å². The van der Waals surface area contributed by atoms with Crippen molar-refractivity contribution in [3.63, 3.8) is 0 Å². The van der Waals surface area contributed by atoms with E-state index in [-0.39, 0.29) is 29.6 Å². The molecule has 0 heterocycles. The van der Waals surface area contributed by atoms with Gasteiger partial charge in [-0.3, -0.25) is 0 Å². The summed E-state index contributed by atoms with van der Waals surface area (Å²) >= 11 is 6.99. The van der Waals surface area contributed by atoms with Crippen LogP contribution in [0.1, 0.15) is 13.3 Å². The van der Waals surface area contributed by atoms with Gasteiger partial charge in [0.05, 0.1) is 0 Å². The summed E-state index contributed by atoms with van der Waals surface area (Å²) in [7, 11) is 0. The van der Waals surface area contributed by atoms with Crippen molar-refractivity contribution < 1.29 is 47.8 Å². The zero-order valence-electron chi connectivity index (χ0n) is 16.8. The van der Waals surface area contributed by atoms with Crippen molar-refractivity contribution in [1.82, 2.24) is 0 Å². The maximum Gasteiger partial charge on any atom is -0.0771 e. The first-order valence-corrected chi connectivity index (χ1v) is 17.7. The molecule has 5 heteroatoms. The van der Waals surface area contributed by atoms with Crippen LogP contribution in [0.25, 0.3) is 32.3 Å². The van der Waals surface area contributed by atoms with E-state index in [2.05, 4.69) is 104 Å². The van der Waals surface area contributed by atoms with E-state index in [1.807, 2.05) is 0 Å². The number of hydrogen-bond donors (Lipinski definition) is 0. The molecule has 5 aromatic rings. The molecule has 0 aliphatic carbocycles. The van der Waals surface area contributed by atoms with E-state index in [0.717, 1.165) is 0 Å². The Morgan fingerprint density at radius 1 is 0.767 bits per heavy atom. The maximum atomic E-state index is 5.74. The normalized spacial score (nSPS) is 9.60. The third kappa shape index (κ3) is 7.66. The summed E-state index contributed by atoms with van der Waals surface area (Å²) in [4.78, 5) is -0.274. The molecule has 0 nitrogen and oxygen atoms in total. The molecule has 0 saturated heterocycles. The fourth-order valence-corrected chi connectivity index (χ4v) is 6.89. The Balaban J connectivity index is 0.000000235. The van der Waals surface area contributed by atoms with Gasteiger partial charge in [0.25, 0.3) is 0 Å². The summed E-state index contributed by atoms with van der Waals surface area (Å²) in [6.45, 7) is 2.19. The van der Waals surface area contributed by atoms with Crippen LogP contribution in [0.5, 0.6) is 0 Å². The van der Waals surface area contributed by atoms with Gasteiger partial charge in [0, 0.05) is 0 Å². The summed E-state index contributed by atoms with van der Waals surface area (Å²) in [6, 6.07) is 35.2. The Morgan fingerprint density at radius 2 is 1.27 bits per heavy atom. The van der Waals surface area contributed by atoms with Gasteiger partial charge in [0.2, 0.25) is 0 Å². The molecule has 0 aliphatic rings. The monoisotopic (exact) mass is 636 g/mol. The number of fused-ring (bicyclic) bond motifs is 4. The average molecular weight is 636 g/mol. The van der Waals surface area contributed by atoms with E-state index in [4.69, 9.17) is 11.1 Å². The minimum atomic E-state index is -0.274. The third-order valence-electron chi connectivity index (χ3n) is 4.54. The zero-order chi connectivity index (χ0) is 19.8. The van der Waals surface area contributed by atoms with Crippen molar-refractivity contribution in [2.75, 3.05) is 0 Å². The van der Waals surface area contributed by atoms with Gasteiger partial charge in [-0.05, 0) is 0 Å². The van der Waals surface area contributed by atoms with Crippen molar-refractivity contribution in [3.05, 3.63) is 97.1 Å². The molecule has 0 N–H and O–H groups in total. The standard InChI is InChI=1S/C13H9.C9H7.C3H7ClSi.2ClH.Hf/c1-3-7-12-10(5-1)9-11-6-2-4-8-13(11)12;1-2-5-9-7-3-6-8(9)4-1;1-2-3-5-4;;;/h1-9H;1-7H;2-3H2,1H3;2*1H;/q2*-1;;;;+2/p-2. The molecular formula is C25H23Cl3HfSi-2. The van der Waals surface area contributed by atoms with E-state index in [1.165, 1.54) is 67.8 Å². The molecule has 5 rings (SSSR count). The largest absolute Gasteiger partial charge is 1.00 e. The number of rotatable bonds is 2. The van der Waals surface area contributed by atoms with Crippen molar-refractivity contribution in [1.29, 1.82) is 0 Å². The molecule has 0 unspecified atom stereocenters. The quantitative estimate of drug-likeness (QED) is 0.158. The zero-order valence-corrected chi connectivity index (χ0v) is 23.6. The average Bonchev–Trinajstić information content (AvgIpc) is 3.33. The van der Waals surface area contributed by atoms with Crippen molar-refractivity contribution >= 4 is 48.2 Å². The fourth-order valence-electron chi connectivity index (χ4n) is 3.19. The molecular weight excluding hydrogens is 613 g/mol. The summed E-state index contributed by atoms with van der Waals surface area (Å²) < 4.78 is 0. The van der Waals surface area contributed by atoms with Gasteiger partial charge < -0.3 is 24.8 Å². The van der Waals surface area contributed by atoms with Gasteiger partial charge in [-0.15, -0.1) is 69.4 Å². The summed E-state index contributed by atoms with van der Waals surface area (Å²) in [6.07, 6.45) is 1.28. The Kier molecular flexibility index (Phi) is 12.9. The third-order valence-corrected chi connectivity index (χ3v) is 8.74. The second-order valence-corrected chi connectivity index (χ2v) is 19.2. The molecule has 0 saturated carbocycles. The number of halogens is 3. The predicted octanol–water partition coefficient (Wildman–Crippen LogP) is 1.95. The van der Waals surface area contributed by atoms with Gasteiger partial charge in [-0.25, -0.2) is 0 Å². The molecule has 154 valence electrons. The molecule has 0 aromatic heterocycles. The van der Waals surface area contributed by atoms with Gasteiger partial charge in [0.15, 0.2) is 0 Å². The van der Waals surface area contributed by atoms with Gasteiger partial charge >= 0.3 is 58.3 Å². The summed E-state index contributed by atoms with van der Waals surface area (Å²) in [5.41, 5.74) is 0. The van der Waals surface area contributed by atoms with E-state index >= 15 is 0 Å². The van der Waals surface area contributed by atoms with E-state index < -0.39 is 0 Å². The van der Waals surface area contributed by atoms with Crippen LogP contribution in [0.4, 0.5) is 0 Å². The predicted molar refractivity (Wildman–Crippen MR) is 123 cm³/mol. The molecule has 0 fully saturated rings. The first-order chi connectivity index (χ1) is 13.7. The van der Waals surface area contributed by atoms with Crippen molar-refractivity contribution in [3.8, 4) is 0 Å². The first-order valence-electron chi connectivity index (χ1n) is 9.55. The number of benzene rings is 3. The smallest absolute Gasteiger partial charge is 0.0771 e. The van der Waals surface area contributed by atoms with Gasteiger partial charge in [-0.1, -0.05) is 42.5 Å². The molecule has 5 aromatic carbocycles. The second-order valence-electron chi connectivity index (χ2n) is 6.63. The molecule has 0 atom stereocenters. The van der Waals surface area contributed by atoms with Crippen LogP contribution in [-0.4, -0.2) is 4.80 Å². The summed E-state index contributed by atoms with van der Waals surface area (Å²) in [5, 5.41) is 8.05. The van der Waals surface area contributed by atoms with Gasteiger partial charge in [0.1, 0.15) is 0 Å². The summed E-state index contributed by atoms with van der Waals surface area (Å²) in [5.74, 6) is 0. The van der Waals surface area contributed by atoms with Crippen LogP contribution in [0.15, 0.2) is 97.1 Å². The van der Waals surface area contributed by atoms with Crippen LogP contribution < -0.4 is 24.8 Å². The SMILES string of the molecule is CCC[Si](Cl)=[Hf+2].[Cl-].[Cl-].c1ccc2[cH-]ccc2c1.c1ccc2c(c1)[cH-]c1ccccc12. The van der Waals surface area contributed by atoms with Crippen molar-refractivity contribution in [2.45, 2.75) is 19.4 Å². The molecule has 0 radical (unpaired) electrons. The van der Waals surface area contributed by atoms with Crippen LogP contribution in [0.2, 0.25) is 6.04 Å². The Bertz CT molecular complexity index is 1100. The number of hydrogen-bond acceptors (Lipinski definition) is 0. The molecule has 30 heavy (non-hydrogen) atoms.